The van der Waals surface area contributed by atoms with E-state index in [9.17, 15) is 14.7 Å². The van der Waals surface area contributed by atoms with Gasteiger partial charge in [-0.2, -0.15) is 0 Å². The van der Waals surface area contributed by atoms with Crippen molar-refractivity contribution in [3.05, 3.63) is 52.2 Å². The molecule has 0 radical (unpaired) electrons. The summed E-state index contributed by atoms with van der Waals surface area (Å²) in [6, 6.07) is 5.09. The molecule has 0 spiro atoms. The molecule has 1 aliphatic heterocycles. The highest BCUT2D eigenvalue weighted by Crippen LogP contribution is 2.33. The fourth-order valence-corrected chi connectivity index (χ4v) is 4.05. The predicted octanol–water partition coefficient (Wildman–Crippen LogP) is 1.46. The van der Waals surface area contributed by atoms with Gasteiger partial charge in [0.25, 0.3) is 5.56 Å². The van der Waals surface area contributed by atoms with Gasteiger partial charge in [0.1, 0.15) is 0 Å². The van der Waals surface area contributed by atoms with E-state index in [1.54, 1.807) is 37.2 Å². The lowest BCUT2D eigenvalue weighted by Gasteiger charge is -2.39. The van der Waals surface area contributed by atoms with Crippen molar-refractivity contribution >= 4 is 17.7 Å². The van der Waals surface area contributed by atoms with Gasteiger partial charge in [0.05, 0.1) is 10.9 Å². The number of hydrogen-bond acceptors (Lipinski definition) is 6. The molecule has 1 aliphatic rings. The van der Waals surface area contributed by atoms with Crippen molar-refractivity contribution in [2.75, 3.05) is 13.1 Å². The van der Waals surface area contributed by atoms with Gasteiger partial charge < -0.3 is 15.0 Å². The van der Waals surface area contributed by atoms with E-state index in [1.807, 2.05) is 6.07 Å². The summed E-state index contributed by atoms with van der Waals surface area (Å²) in [5.41, 5.74) is 0.246. The van der Waals surface area contributed by atoms with Gasteiger partial charge in [-0.25, -0.2) is 4.98 Å². The molecule has 0 aromatic carbocycles. The van der Waals surface area contributed by atoms with Crippen molar-refractivity contribution in [3.63, 3.8) is 0 Å². The van der Waals surface area contributed by atoms with Gasteiger partial charge in [0, 0.05) is 42.8 Å². The zero-order chi connectivity index (χ0) is 18.7. The van der Waals surface area contributed by atoms with Gasteiger partial charge >= 0.3 is 0 Å². The summed E-state index contributed by atoms with van der Waals surface area (Å²) in [5, 5.41) is 10.9. The molecule has 3 rings (SSSR count). The Morgan fingerprint density at radius 3 is 2.77 bits per heavy atom. The van der Waals surface area contributed by atoms with Crippen LogP contribution in [-0.2, 0) is 10.4 Å². The maximum atomic E-state index is 12.7. The molecule has 0 saturated carbocycles. The molecule has 2 aromatic heterocycles. The molecule has 7 nitrogen and oxygen atoms in total. The van der Waals surface area contributed by atoms with Crippen molar-refractivity contribution in [2.24, 2.45) is 0 Å². The second-order valence-corrected chi connectivity index (χ2v) is 7.88. The van der Waals surface area contributed by atoms with E-state index in [1.165, 1.54) is 17.8 Å². The molecule has 0 aliphatic carbocycles. The molecule has 138 valence electrons. The van der Waals surface area contributed by atoms with Crippen LogP contribution in [0.3, 0.4) is 0 Å². The first kappa shape index (κ1) is 18.6. The standard InChI is InChI=1S/C18H22N4O3S/c1-12-10-15(23)21-17(20-12)26-13(2)16(24)22-8-5-18(25,6-9-22)14-4-3-7-19-11-14/h3-4,7,10-11,13,25H,5-6,8-9H2,1-2H3,(H,20,21,23)/t13-/m0/s1. The molecular formula is C18H22N4O3S. The van der Waals surface area contributed by atoms with Crippen LogP contribution in [0.15, 0.2) is 40.5 Å². The summed E-state index contributed by atoms with van der Waals surface area (Å²) in [5.74, 6) is -0.0209. The van der Waals surface area contributed by atoms with Crippen LogP contribution in [0.4, 0.5) is 0 Å². The minimum atomic E-state index is -0.940. The Labute approximate surface area is 155 Å². The van der Waals surface area contributed by atoms with Gasteiger partial charge in [-0.15, -0.1) is 0 Å². The first-order chi connectivity index (χ1) is 12.4. The summed E-state index contributed by atoms with van der Waals surface area (Å²) in [7, 11) is 0. The van der Waals surface area contributed by atoms with Crippen molar-refractivity contribution in [2.45, 2.75) is 42.7 Å². The van der Waals surface area contributed by atoms with Crippen molar-refractivity contribution in [1.29, 1.82) is 0 Å². The number of H-pyrrole nitrogens is 1. The van der Waals surface area contributed by atoms with Crippen LogP contribution < -0.4 is 5.56 Å². The number of pyridine rings is 1. The Morgan fingerprint density at radius 2 is 2.15 bits per heavy atom. The second-order valence-electron chi connectivity index (χ2n) is 6.55. The average Bonchev–Trinajstić information content (AvgIpc) is 2.61. The topological polar surface area (TPSA) is 99.2 Å². The van der Waals surface area contributed by atoms with E-state index >= 15 is 0 Å². The second kappa shape index (κ2) is 7.59. The van der Waals surface area contributed by atoms with Crippen molar-refractivity contribution in [1.82, 2.24) is 19.9 Å². The quantitative estimate of drug-likeness (QED) is 0.621. The molecule has 1 saturated heterocycles. The number of carbonyl (C=O) groups excluding carboxylic acids is 1. The zero-order valence-electron chi connectivity index (χ0n) is 14.8. The summed E-state index contributed by atoms with van der Waals surface area (Å²) in [6.07, 6.45) is 4.30. The van der Waals surface area contributed by atoms with Crippen LogP contribution in [0.1, 0.15) is 31.0 Å². The Kier molecular flexibility index (Phi) is 5.43. The SMILES string of the molecule is Cc1cc(=O)[nH]c(S[C@@H](C)C(=O)N2CCC(O)(c3cccnc3)CC2)n1. The maximum Gasteiger partial charge on any atom is 0.251 e. The van der Waals surface area contributed by atoms with Crippen LogP contribution in [0.2, 0.25) is 0 Å². The fourth-order valence-electron chi connectivity index (χ4n) is 3.11. The molecule has 1 atom stereocenters. The molecular weight excluding hydrogens is 352 g/mol. The van der Waals surface area contributed by atoms with Gasteiger partial charge in [-0.3, -0.25) is 14.6 Å². The van der Waals surface area contributed by atoms with Crippen LogP contribution in [-0.4, -0.2) is 49.2 Å². The summed E-state index contributed by atoms with van der Waals surface area (Å²) in [4.78, 5) is 37.0. The molecule has 2 N–H and O–H groups in total. The third-order valence-electron chi connectivity index (χ3n) is 4.59. The van der Waals surface area contributed by atoms with Gasteiger partial charge in [-0.05, 0) is 32.8 Å². The number of aryl methyl sites for hydroxylation is 1. The van der Waals surface area contributed by atoms with E-state index < -0.39 is 5.60 Å². The molecule has 26 heavy (non-hydrogen) atoms. The number of carbonyl (C=O) groups is 1. The van der Waals surface area contributed by atoms with E-state index in [0.717, 1.165) is 5.56 Å². The van der Waals surface area contributed by atoms with Gasteiger partial charge in [0.15, 0.2) is 5.16 Å². The average molecular weight is 374 g/mol. The molecule has 1 amide bonds. The third kappa shape index (κ3) is 4.13. The van der Waals surface area contributed by atoms with E-state index in [-0.39, 0.29) is 16.7 Å². The van der Waals surface area contributed by atoms with Crippen LogP contribution in [0, 0.1) is 6.92 Å². The maximum absolute atomic E-state index is 12.7. The van der Waals surface area contributed by atoms with Crippen molar-refractivity contribution < 1.29 is 9.90 Å². The normalized spacial score (nSPS) is 17.7. The number of aliphatic hydroxyl groups is 1. The van der Waals surface area contributed by atoms with E-state index in [4.69, 9.17) is 0 Å². The highest BCUT2D eigenvalue weighted by atomic mass is 32.2. The number of aromatic amines is 1. The minimum absolute atomic E-state index is 0.0209. The van der Waals surface area contributed by atoms with Crippen LogP contribution >= 0.6 is 11.8 Å². The monoisotopic (exact) mass is 374 g/mol. The number of rotatable bonds is 4. The molecule has 8 heteroatoms. The Morgan fingerprint density at radius 1 is 1.42 bits per heavy atom. The zero-order valence-corrected chi connectivity index (χ0v) is 15.6. The molecule has 0 unspecified atom stereocenters. The van der Waals surface area contributed by atoms with Crippen molar-refractivity contribution in [3.8, 4) is 0 Å². The Balaban J connectivity index is 1.62. The van der Waals surface area contributed by atoms with E-state index in [2.05, 4.69) is 15.0 Å². The number of nitrogens with zero attached hydrogens (tertiary/aromatic N) is 3. The largest absolute Gasteiger partial charge is 0.385 e. The number of piperidine rings is 1. The first-order valence-electron chi connectivity index (χ1n) is 8.54. The lowest BCUT2D eigenvalue weighted by molar-refractivity contribution is -0.134. The number of amides is 1. The summed E-state index contributed by atoms with van der Waals surface area (Å²) in [6.45, 7) is 4.51. The Hall–Kier alpha value is -2.19. The highest BCUT2D eigenvalue weighted by molar-refractivity contribution is 8.00. The molecule has 0 bridgehead atoms. The number of nitrogens with one attached hydrogen (secondary N) is 1. The lowest BCUT2D eigenvalue weighted by Crippen LogP contribution is -2.47. The third-order valence-corrected chi connectivity index (χ3v) is 5.56. The molecule has 2 aromatic rings. The minimum Gasteiger partial charge on any atom is -0.385 e. The van der Waals surface area contributed by atoms with E-state index in [0.29, 0.717) is 36.8 Å². The predicted molar refractivity (Wildman–Crippen MR) is 98.9 cm³/mol. The Bertz CT molecular complexity index is 832. The van der Waals surface area contributed by atoms with Gasteiger partial charge in [0.2, 0.25) is 5.91 Å². The van der Waals surface area contributed by atoms with Gasteiger partial charge in [-0.1, -0.05) is 17.8 Å². The van der Waals surface area contributed by atoms with Crippen LogP contribution in [0.5, 0.6) is 0 Å². The number of likely N-dealkylation sites (tertiary alicyclic amines) is 1. The fraction of sp³-hybridized carbons (Fsp3) is 0.444. The lowest BCUT2D eigenvalue weighted by atomic mass is 9.85. The highest BCUT2D eigenvalue weighted by Gasteiger charge is 2.36. The molecule has 3 heterocycles. The first-order valence-corrected chi connectivity index (χ1v) is 9.42. The number of aromatic nitrogens is 3. The summed E-state index contributed by atoms with van der Waals surface area (Å²) >= 11 is 1.24. The summed E-state index contributed by atoms with van der Waals surface area (Å²) < 4.78 is 0. The molecule has 1 fully saturated rings. The smallest absolute Gasteiger partial charge is 0.251 e. The number of hydrogen-bond donors (Lipinski definition) is 2. The van der Waals surface area contributed by atoms with Crippen LogP contribution in [0.25, 0.3) is 0 Å². The number of thioether (sulfide) groups is 1.